The van der Waals surface area contributed by atoms with Crippen LogP contribution in [0.5, 0.6) is 0 Å². The molecule has 2 unspecified atom stereocenters. The maximum Gasteiger partial charge on any atom is 2.00 e. The zero-order valence-electron chi connectivity index (χ0n) is 27.2. The average molecular weight is 657 g/mol. The Morgan fingerprint density at radius 1 is 0.700 bits per heavy atom. The first-order valence-electron chi connectivity index (χ1n) is 14.6. The topological polar surface area (TPSA) is 0 Å². The van der Waals surface area contributed by atoms with Crippen molar-refractivity contribution in [3.05, 3.63) is 80.4 Å². The van der Waals surface area contributed by atoms with Crippen LogP contribution < -0.4 is 24.8 Å². The molecule has 0 spiro atoms. The summed E-state index contributed by atoms with van der Waals surface area (Å²) in [6, 6.07) is 10.3. The second-order valence-electron chi connectivity index (χ2n) is 16.0. The molecule has 0 aliphatic heterocycles. The minimum Gasteiger partial charge on any atom is -1.00 e. The largest absolute Gasteiger partial charge is 2.00 e. The van der Waals surface area contributed by atoms with Gasteiger partial charge < -0.3 is 24.8 Å². The molecule has 2 atom stereocenters. The standard InChI is InChI=1S/C37H50.2ClH.Zr/c1-21-14-28-26(18-30(21)35(7,8)9)27-19-31(36(10,11)12)22(2)15-29(27)33(28)37(13)20-23(3)25-16-24(17-32(25)37)34(4,5)6;;;/h14-15,17-19,23,33H,16,20H2,1-13H3;2*1H;/q;;;+2/p-2. The third kappa shape index (κ3) is 5.56. The SMILES string of the molecule is Cc1cc2c(cc1C(C)(C)C)-c1cc(C(C)(C)C)c(C)cc1C2C1(C)CC(C)C2=C1C=C(C(C)(C)C)C2.[Cl-].[Cl-].[Zr+2]. The quantitative estimate of drug-likeness (QED) is 0.417. The van der Waals surface area contributed by atoms with Gasteiger partial charge in [0.2, 0.25) is 0 Å². The van der Waals surface area contributed by atoms with E-state index in [0.29, 0.717) is 11.8 Å². The second kappa shape index (κ2) is 11.1. The average Bonchev–Trinajstić information content (AvgIpc) is 3.36. The Balaban J connectivity index is 0.00000187. The van der Waals surface area contributed by atoms with Gasteiger partial charge in [-0.05, 0) is 98.9 Å². The summed E-state index contributed by atoms with van der Waals surface area (Å²) in [4.78, 5) is 0. The molecule has 0 nitrogen and oxygen atoms in total. The first-order chi connectivity index (χ1) is 16.8. The summed E-state index contributed by atoms with van der Waals surface area (Å²) in [6.45, 7) is 31.1. The van der Waals surface area contributed by atoms with Gasteiger partial charge in [0.25, 0.3) is 0 Å². The van der Waals surface area contributed by atoms with Crippen molar-refractivity contribution in [2.24, 2.45) is 16.7 Å². The van der Waals surface area contributed by atoms with Crippen LogP contribution in [-0.2, 0) is 37.0 Å². The Morgan fingerprint density at radius 2 is 1.12 bits per heavy atom. The molecule has 5 rings (SSSR count). The van der Waals surface area contributed by atoms with Crippen molar-refractivity contribution in [3.63, 3.8) is 0 Å². The second-order valence-corrected chi connectivity index (χ2v) is 16.0. The smallest absolute Gasteiger partial charge is 1.00 e. The Labute approximate surface area is 277 Å². The fraction of sp³-hybridized carbons (Fsp3) is 0.568. The van der Waals surface area contributed by atoms with E-state index in [4.69, 9.17) is 0 Å². The number of halogens is 2. The van der Waals surface area contributed by atoms with E-state index in [0.717, 1.165) is 0 Å². The minimum absolute atomic E-state index is 0. The molecule has 2 aromatic carbocycles. The molecule has 0 bridgehead atoms. The molecule has 0 amide bonds. The fourth-order valence-corrected chi connectivity index (χ4v) is 8.09. The van der Waals surface area contributed by atoms with Gasteiger partial charge in [0.15, 0.2) is 0 Å². The summed E-state index contributed by atoms with van der Waals surface area (Å²) >= 11 is 0. The van der Waals surface area contributed by atoms with Crippen LogP contribution in [0.25, 0.3) is 11.1 Å². The number of rotatable bonds is 1. The number of hydrogen-bond acceptors (Lipinski definition) is 0. The van der Waals surface area contributed by atoms with Crippen molar-refractivity contribution >= 4 is 0 Å². The summed E-state index contributed by atoms with van der Waals surface area (Å²) in [6.07, 6.45) is 5.05. The molecule has 0 heterocycles. The van der Waals surface area contributed by atoms with Crippen molar-refractivity contribution in [1.82, 2.24) is 0 Å². The Bertz CT molecular complexity index is 1300. The van der Waals surface area contributed by atoms with Crippen molar-refractivity contribution in [2.75, 3.05) is 0 Å². The van der Waals surface area contributed by atoms with Gasteiger partial charge in [-0.15, -0.1) is 0 Å². The molecule has 216 valence electrons. The van der Waals surface area contributed by atoms with Gasteiger partial charge in [0, 0.05) is 11.3 Å². The predicted octanol–water partition coefficient (Wildman–Crippen LogP) is 4.74. The van der Waals surface area contributed by atoms with Crippen molar-refractivity contribution in [3.8, 4) is 11.1 Å². The summed E-state index contributed by atoms with van der Waals surface area (Å²) < 4.78 is 0. The molecule has 0 saturated carbocycles. The first-order valence-corrected chi connectivity index (χ1v) is 14.6. The zero-order valence-corrected chi connectivity index (χ0v) is 31.2. The van der Waals surface area contributed by atoms with E-state index in [2.05, 4.69) is 120 Å². The van der Waals surface area contributed by atoms with Gasteiger partial charge in [0.05, 0.1) is 0 Å². The maximum absolute atomic E-state index is 2.63. The predicted molar refractivity (Wildman–Crippen MR) is 162 cm³/mol. The molecular weight excluding hydrogens is 607 g/mol. The molecule has 0 fully saturated rings. The number of hydrogen-bond donors (Lipinski definition) is 0. The van der Waals surface area contributed by atoms with Gasteiger partial charge in [-0.25, -0.2) is 0 Å². The van der Waals surface area contributed by atoms with Gasteiger partial charge in [-0.2, -0.15) is 0 Å². The molecule has 3 heteroatoms. The number of benzene rings is 2. The number of fused-ring (bicyclic) bond motifs is 3. The molecule has 3 aliphatic rings. The van der Waals surface area contributed by atoms with Crippen molar-refractivity contribution in [1.29, 1.82) is 0 Å². The number of aryl methyl sites for hydroxylation is 2. The normalized spacial score (nSPS) is 22.1. The Morgan fingerprint density at radius 3 is 1.50 bits per heavy atom. The molecule has 3 aliphatic carbocycles. The Hall–Kier alpha value is -0.617. The van der Waals surface area contributed by atoms with E-state index < -0.39 is 0 Å². The minimum atomic E-state index is 0. The zero-order chi connectivity index (χ0) is 27.5. The van der Waals surface area contributed by atoms with E-state index in [9.17, 15) is 0 Å². The van der Waals surface area contributed by atoms with Crippen LogP contribution in [0, 0.1) is 30.6 Å². The van der Waals surface area contributed by atoms with Crippen molar-refractivity contribution in [2.45, 2.75) is 120 Å². The van der Waals surface area contributed by atoms with E-state index in [-0.39, 0.29) is 72.7 Å². The molecule has 0 N–H and O–H groups in total. The first kappa shape index (κ1) is 35.6. The van der Waals surface area contributed by atoms with Crippen LogP contribution in [0.2, 0.25) is 0 Å². The van der Waals surface area contributed by atoms with E-state index in [1.807, 2.05) is 0 Å². The fourth-order valence-electron chi connectivity index (χ4n) is 8.09. The van der Waals surface area contributed by atoms with E-state index >= 15 is 0 Å². The van der Waals surface area contributed by atoms with Crippen LogP contribution in [0.3, 0.4) is 0 Å². The summed E-state index contributed by atoms with van der Waals surface area (Å²) in [5.41, 5.74) is 17.6. The van der Waals surface area contributed by atoms with Gasteiger partial charge in [0.1, 0.15) is 0 Å². The van der Waals surface area contributed by atoms with E-state index in [1.165, 1.54) is 46.2 Å². The molecular formula is C37H50Cl2Zr. The molecule has 0 saturated heterocycles. The molecule has 0 radical (unpaired) electrons. The number of allylic oxidation sites excluding steroid dienone is 4. The van der Waals surface area contributed by atoms with Crippen molar-refractivity contribution < 1.29 is 51.0 Å². The summed E-state index contributed by atoms with van der Waals surface area (Å²) in [5.74, 6) is 1.05. The third-order valence-corrected chi connectivity index (χ3v) is 9.91. The maximum atomic E-state index is 2.63. The summed E-state index contributed by atoms with van der Waals surface area (Å²) in [5, 5.41) is 0. The molecule has 40 heavy (non-hydrogen) atoms. The van der Waals surface area contributed by atoms with Crippen LogP contribution in [0.4, 0.5) is 0 Å². The molecule has 2 aromatic rings. The van der Waals surface area contributed by atoms with Crippen LogP contribution in [0.1, 0.15) is 128 Å². The van der Waals surface area contributed by atoms with Crippen LogP contribution >= 0.6 is 0 Å². The van der Waals surface area contributed by atoms with Gasteiger partial charge in [-0.3, -0.25) is 0 Å². The Kier molecular flexibility index (Phi) is 9.91. The summed E-state index contributed by atoms with van der Waals surface area (Å²) in [7, 11) is 0. The van der Waals surface area contributed by atoms with Crippen LogP contribution in [0.15, 0.2) is 47.1 Å². The van der Waals surface area contributed by atoms with E-state index in [1.54, 1.807) is 27.8 Å². The van der Waals surface area contributed by atoms with Crippen LogP contribution in [-0.4, -0.2) is 0 Å². The monoisotopic (exact) mass is 654 g/mol. The van der Waals surface area contributed by atoms with Gasteiger partial charge in [-0.1, -0.05) is 118 Å². The molecule has 0 aromatic heterocycles. The van der Waals surface area contributed by atoms with Gasteiger partial charge >= 0.3 is 26.2 Å². The third-order valence-electron chi connectivity index (χ3n) is 9.91.